The summed E-state index contributed by atoms with van der Waals surface area (Å²) >= 11 is 1.58. The summed E-state index contributed by atoms with van der Waals surface area (Å²) in [6.07, 6.45) is 1.33. The largest absolute Gasteiger partial charge is 0.354 e. The number of thiophene rings is 1. The van der Waals surface area contributed by atoms with Crippen LogP contribution in [0.2, 0.25) is 0 Å². The van der Waals surface area contributed by atoms with Crippen molar-refractivity contribution < 1.29 is 4.79 Å². The van der Waals surface area contributed by atoms with Crippen molar-refractivity contribution in [3.8, 4) is 10.6 Å². The summed E-state index contributed by atoms with van der Waals surface area (Å²) in [4.78, 5) is 24.1. The number of aromatic nitrogens is 2. The van der Waals surface area contributed by atoms with Crippen molar-refractivity contribution in [2.45, 2.75) is 26.3 Å². The van der Waals surface area contributed by atoms with Gasteiger partial charge in [-0.15, -0.1) is 11.3 Å². The molecular weight excluding hydrogens is 274 g/mol. The molecule has 0 atom stereocenters. The molecule has 1 N–H and O–H groups in total. The summed E-state index contributed by atoms with van der Waals surface area (Å²) in [7, 11) is 0. The molecule has 0 radical (unpaired) electrons. The summed E-state index contributed by atoms with van der Waals surface area (Å²) in [5.74, 6) is 0.00922. The number of amides is 1. The van der Waals surface area contributed by atoms with Crippen molar-refractivity contribution in [2.24, 2.45) is 0 Å². The maximum atomic E-state index is 11.7. The predicted octanol–water partition coefficient (Wildman–Crippen LogP) is 1.89. The van der Waals surface area contributed by atoms with E-state index in [-0.39, 0.29) is 11.5 Å². The standard InChI is InChI=1S/C14H17N3O2S/c1-2-4-13(18)15-8-9-17-14(19)7-6-11(16-17)12-5-3-10-20-12/h3,5-7,10H,2,4,8-9H2,1H3,(H,15,18). The number of hydrogen-bond donors (Lipinski definition) is 1. The molecule has 5 nitrogen and oxygen atoms in total. The van der Waals surface area contributed by atoms with Crippen LogP contribution in [0.15, 0.2) is 34.4 Å². The Hall–Kier alpha value is -1.95. The zero-order chi connectivity index (χ0) is 14.4. The van der Waals surface area contributed by atoms with E-state index in [0.717, 1.165) is 17.0 Å². The second kappa shape index (κ2) is 7.00. The highest BCUT2D eigenvalue weighted by atomic mass is 32.1. The first-order chi connectivity index (χ1) is 9.70. The smallest absolute Gasteiger partial charge is 0.266 e. The third kappa shape index (κ3) is 3.77. The summed E-state index contributed by atoms with van der Waals surface area (Å²) in [5, 5.41) is 9.07. The lowest BCUT2D eigenvalue weighted by Crippen LogP contribution is -2.31. The number of hydrogen-bond acceptors (Lipinski definition) is 4. The zero-order valence-electron chi connectivity index (χ0n) is 11.3. The van der Waals surface area contributed by atoms with Gasteiger partial charge in [0.05, 0.1) is 11.4 Å². The first kappa shape index (κ1) is 14.5. The third-order valence-corrected chi connectivity index (χ3v) is 3.66. The number of carbonyl (C=O) groups excluding carboxylic acids is 1. The average molecular weight is 291 g/mol. The van der Waals surface area contributed by atoms with Crippen LogP contribution in [-0.4, -0.2) is 22.2 Å². The minimum absolute atomic E-state index is 0.00922. The van der Waals surface area contributed by atoms with Crippen LogP contribution in [0.25, 0.3) is 10.6 Å². The second-order valence-corrected chi connectivity index (χ2v) is 5.30. The van der Waals surface area contributed by atoms with Gasteiger partial charge in [0.15, 0.2) is 0 Å². The summed E-state index contributed by atoms with van der Waals surface area (Å²) in [6.45, 7) is 2.75. The Bertz CT molecular complexity index is 620. The van der Waals surface area contributed by atoms with E-state index in [1.165, 1.54) is 10.7 Å². The second-order valence-electron chi connectivity index (χ2n) is 4.36. The molecule has 2 rings (SSSR count). The van der Waals surface area contributed by atoms with Gasteiger partial charge in [0.2, 0.25) is 5.91 Å². The molecule has 2 heterocycles. The molecule has 2 aromatic heterocycles. The molecule has 0 saturated heterocycles. The highest BCUT2D eigenvalue weighted by Crippen LogP contribution is 2.20. The number of carbonyl (C=O) groups is 1. The lowest BCUT2D eigenvalue weighted by molar-refractivity contribution is -0.121. The molecule has 2 aromatic rings. The Balaban J connectivity index is 2.02. The molecule has 0 fully saturated rings. The van der Waals surface area contributed by atoms with E-state index in [4.69, 9.17) is 0 Å². The quantitative estimate of drug-likeness (QED) is 0.884. The van der Waals surface area contributed by atoms with Gasteiger partial charge >= 0.3 is 0 Å². The summed E-state index contributed by atoms with van der Waals surface area (Å²) in [6, 6.07) is 7.14. The van der Waals surface area contributed by atoms with Crippen LogP contribution in [0.1, 0.15) is 19.8 Å². The van der Waals surface area contributed by atoms with Gasteiger partial charge in [-0.3, -0.25) is 9.59 Å². The van der Waals surface area contributed by atoms with Crippen molar-refractivity contribution in [1.29, 1.82) is 0 Å². The zero-order valence-corrected chi connectivity index (χ0v) is 12.2. The first-order valence-corrected chi connectivity index (χ1v) is 7.47. The fraction of sp³-hybridized carbons (Fsp3) is 0.357. The van der Waals surface area contributed by atoms with E-state index >= 15 is 0 Å². The normalized spacial score (nSPS) is 10.4. The maximum absolute atomic E-state index is 11.7. The summed E-state index contributed by atoms with van der Waals surface area (Å²) in [5.41, 5.74) is 0.620. The highest BCUT2D eigenvalue weighted by Gasteiger charge is 2.05. The molecule has 0 saturated carbocycles. The van der Waals surface area contributed by atoms with Crippen molar-refractivity contribution in [3.05, 3.63) is 40.0 Å². The third-order valence-electron chi connectivity index (χ3n) is 2.76. The van der Waals surface area contributed by atoms with Gasteiger partial charge in [-0.05, 0) is 23.9 Å². The fourth-order valence-corrected chi connectivity index (χ4v) is 2.47. The molecular formula is C14H17N3O2S. The van der Waals surface area contributed by atoms with E-state index in [1.54, 1.807) is 17.4 Å². The van der Waals surface area contributed by atoms with E-state index in [0.29, 0.717) is 19.5 Å². The molecule has 0 aliphatic carbocycles. The monoisotopic (exact) mass is 291 g/mol. The van der Waals surface area contributed by atoms with Crippen LogP contribution in [0.5, 0.6) is 0 Å². The molecule has 1 amide bonds. The molecule has 6 heteroatoms. The Kier molecular flexibility index (Phi) is 5.06. The maximum Gasteiger partial charge on any atom is 0.266 e. The lowest BCUT2D eigenvalue weighted by Gasteiger charge is -2.07. The molecule has 0 aliphatic heterocycles. The Labute approximate surface area is 121 Å². The number of rotatable bonds is 6. The van der Waals surface area contributed by atoms with Crippen molar-refractivity contribution >= 4 is 17.2 Å². The summed E-state index contributed by atoms with van der Waals surface area (Å²) < 4.78 is 1.39. The van der Waals surface area contributed by atoms with E-state index < -0.39 is 0 Å². The molecule has 0 bridgehead atoms. The highest BCUT2D eigenvalue weighted by molar-refractivity contribution is 7.13. The minimum Gasteiger partial charge on any atom is -0.354 e. The van der Waals surface area contributed by atoms with E-state index in [9.17, 15) is 9.59 Å². The van der Waals surface area contributed by atoms with Crippen molar-refractivity contribution in [2.75, 3.05) is 6.54 Å². The van der Waals surface area contributed by atoms with Gasteiger partial charge in [-0.2, -0.15) is 5.10 Å². The Morgan fingerprint density at radius 2 is 2.25 bits per heavy atom. The van der Waals surface area contributed by atoms with Crippen LogP contribution < -0.4 is 10.9 Å². The van der Waals surface area contributed by atoms with Crippen LogP contribution in [0, 0.1) is 0 Å². The minimum atomic E-state index is -0.157. The van der Waals surface area contributed by atoms with Crippen LogP contribution >= 0.6 is 11.3 Å². The Morgan fingerprint density at radius 1 is 1.40 bits per heavy atom. The first-order valence-electron chi connectivity index (χ1n) is 6.59. The van der Waals surface area contributed by atoms with E-state index in [2.05, 4.69) is 10.4 Å². The van der Waals surface area contributed by atoms with Gasteiger partial charge in [0.25, 0.3) is 5.56 Å². The molecule has 0 unspecified atom stereocenters. The predicted molar refractivity (Wildman–Crippen MR) is 79.7 cm³/mol. The molecule has 106 valence electrons. The average Bonchev–Trinajstić information content (AvgIpc) is 2.95. The molecule has 0 aromatic carbocycles. The van der Waals surface area contributed by atoms with Crippen LogP contribution in [0.4, 0.5) is 0 Å². The van der Waals surface area contributed by atoms with Gasteiger partial charge in [-0.1, -0.05) is 13.0 Å². The number of nitrogens with zero attached hydrogens (tertiary/aromatic N) is 2. The number of nitrogens with one attached hydrogen (secondary N) is 1. The van der Waals surface area contributed by atoms with Crippen LogP contribution in [-0.2, 0) is 11.3 Å². The van der Waals surface area contributed by atoms with Gasteiger partial charge in [-0.25, -0.2) is 4.68 Å². The molecule has 20 heavy (non-hydrogen) atoms. The Morgan fingerprint density at radius 3 is 2.95 bits per heavy atom. The van der Waals surface area contributed by atoms with Crippen LogP contribution in [0.3, 0.4) is 0 Å². The van der Waals surface area contributed by atoms with Gasteiger partial charge in [0.1, 0.15) is 5.69 Å². The van der Waals surface area contributed by atoms with Crippen molar-refractivity contribution in [1.82, 2.24) is 15.1 Å². The lowest BCUT2D eigenvalue weighted by atomic mass is 10.3. The molecule has 0 spiro atoms. The van der Waals surface area contributed by atoms with E-state index in [1.807, 2.05) is 24.4 Å². The fourth-order valence-electron chi connectivity index (χ4n) is 1.78. The SMILES string of the molecule is CCCC(=O)NCCn1nc(-c2cccs2)ccc1=O. The van der Waals surface area contributed by atoms with Gasteiger partial charge in [0, 0.05) is 19.0 Å². The molecule has 0 aliphatic rings. The van der Waals surface area contributed by atoms with Crippen molar-refractivity contribution in [3.63, 3.8) is 0 Å². The topological polar surface area (TPSA) is 64.0 Å². The van der Waals surface area contributed by atoms with Gasteiger partial charge < -0.3 is 5.32 Å².